The molecule has 0 aliphatic rings. The van der Waals surface area contributed by atoms with Crippen molar-refractivity contribution < 1.29 is 19.2 Å². The molecule has 0 spiro atoms. The number of nitrogens with zero attached hydrogens (tertiary/aromatic N) is 1. The van der Waals surface area contributed by atoms with Gasteiger partial charge in [-0.1, -0.05) is 12.1 Å². The molecule has 1 heterocycles. The first-order chi connectivity index (χ1) is 12.6. The summed E-state index contributed by atoms with van der Waals surface area (Å²) < 4.78 is 17.1. The van der Waals surface area contributed by atoms with E-state index in [0.29, 0.717) is 30.2 Å². The van der Waals surface area contributed by atoms with Crippen LogP contribution in [0, 0.1) is 0 Å². The Hall–Kier alpha value is -1.80. The maximum absolute atomic E-state index is 11.6. The van der Waals surface area contributed by atoms with Crippen LogP contribution in [0.25, 0.3) is 0 Å². The predicted molar refractivity (Wildman–Crippen MR) is 101 cm³/mol. The normalized spacial score (nSPS) is 13.5. The minimum absolute atomic E-state index is 0.0129. The predicted octanol–water partition coefficient (Wildman–Crippen LogP) is 2.14. The average molecular weight is 378 g/mol. The summed E-state index contributed by atoms with van der Waals surface area (Å²) in [6, 6.07) is 8.57. The van der Waals surface area contributed by atoms with E-state index in [1.54, 1.807) is 24.5 Å². The van der Waals surface area contributed by atoms with Crippen LogP contribution in [0.15, 0.2) is 47.6 Å². The first-order valence-corrected chi connectivity index (χ1v) is 10.2. The minimum atomic E-state index is -1.29. The van der Waals surface area contributed by atoms with Gasteiger partial charge in [-0.25, -0.2) is 0 Å². The summed E-state index contributed by atoms with van der Waals surface area (Å²) in [7, 11) is -1.29. The van der Waals surface area contributed by atoms with Gasteiger partial charge in [0.25, 0.3) is 0 Å². The average Bonchev–Trinajstić information content (AvgIpc) is 2.64. The van der Waals surface area contributed by atoms with Gasteiger partial charge in [-0.15, -0.1) is 0 Å². The number of unbranched alkanes of at least 4 members (excludes halogenated alkanes) is 1. The Labute approximate surface area is 156 Å². The molecule has 0 bridgehead atoms. The van der Waals surface area contributed by atoms with Crippen LogP contribution in [0.3, 0.4) is 0 Å². The fourth-order valence-electron chi connectivity index (χ4n) is 2.45. The summed E-state index contributed by atoms with van der Waals surface area (Å²) in [5.41, 5.74) is 1.70. The molecule has 3 N–H and O–H groups in total. The number of aliphatic hydroxyl groups is 1. The first-order valence-electron chi connectivity index (χ1n) is 8.59. The molecular formula is C19H26N2O4S. The number of hydrogen-bond acceptors (Lipinski definition) is 6. The van der Waals surface area contributed by atoms with Gasteiger partial charge in [0.05, 0.1) is 28.4 Å². The molecule has 0 amide bonds. The number of aromatic nitrogens is 1. The molecule has 0 saturated carbocycles. The summed E-state index contributed by atoms with van der Waals surface area (Å²) in [4.78, 5) is 4.38. The largest absolute Gasteiger partial charge is 0.507 e. The zero-order valence-corrected chi connectivity index (χ0v) is 15.7. The highest BCUT2D eigenvalue weighted by Crippen LogP contribution is 2.24. The lowest BCUT2D eigenvalue weighted by molar-refractivity contribution is 0.116. The molecule has 2 rings (SSSR count). The lowest BCUT2D eigenvalue weighted by atomic mass is 10.1. The van der Waals surface area contributed by atoms with Crippen LogP contribution < -0.4 is 5.32 Å². The number of phenolic OH excluding ortho intramolecular Hbond substituents is 1. The number of phenols is 1. The van der Waals surface area contributed by atoms with E-state index >= 15 is 0 Å². The number of hydrogen-bond donors (Lipinski definition) is 3. The molecule has 6 nitrogen and oxygen atoms in total. The Morgan fingerprint density at radius 2 is 2.15 bits per heavy atom. The third kappa shape index (κ3) is 6.84. The van der Waals surface area contributed by atoms with Gasteiger partial charge >= 0.3 is 0 Å². The van der Waals surface area contributed by atoms with Crippen molar-refractivity contribution in [3.63, 3.8) is 0 Å². The summed E-state index contributed by atoms with van der Waals surface area (Å²) in [5, 5.41) is 23.1. The van der Waals surface area contributed by atoms with E-state index in [1.807, 2.05) is 12.1 Å². The zero-order chi connectivity index (χ0) is 18.8. The van der Waals surface area contributed by atoms with E-state index in [9.17, 15) is 14.4 Å². The lowest BCUT2D eigenvalue weighted by Gasteiger charge is -2.14. The number of benzene rings is 1. The summed E-state index contributed by atoms with van der Waals surface area (Å²) in [6.45, 7) is 2.43. The molecule has 0 fully saturated rings. The quantitative estimate of drug-likeness (QED) is 0.519. The molecule has 142 valence electrons. The van der Waals surface area contributed by atoms with Gasteiger partial charge in [0.2, 0.25) is 0 Å². The van der Waals surface area contributed by atoms with Crippen LogP contribution in [0.5, 0.6) is 5.75 Å². The molecule has 0 aliphatic carbocycles. The Morgan fingerprint density at radius 3 is 2.88 bits per heavy atom. The number of nitrogens with one attached hydrogen (secondary N) is 1. The molecule has 1 aromatic heterocycles. The Kier molecular flexibility index (Phi) is 8.70. The molecular weight excluding hydrogens is 352 g/mol. The van der Waals surface area contributed by atoms with Crippen LogP contribution in [0.4, 0.5) is 0 Å². The second kappa shape index (κ2) is 11.0. The van der Waals surface area contributed by atoms with E-state index in [0.717, 1.165) is 24.9 Å². The number of pyridine rings is 1. The number of rotatable bonds is 11. The van der Waals surface area contributed by atoms with Gasteiger partial charge in [-0.2, -0.15) is 0 Å². The van der Waals surface area contributed by atoms with Crippen molar-refractivity contribution in [2.45, 2.75) is 30.4 Å². The Bertz CT molecular complexity index is 697. The molecule has 7 heteroatoms. The summed E-state index contributed by atoms with van der Waals surface area (Å²) >= 11 is 0. The fraction of sp³-hybridized carbons (Fsp3) is 0.421. The van der Waals surface area contributed by atoms with E-state index in [-0.39, 0.29) is 5.75 Å². The molecule has 26 heavy (non-hydrogen) atoms. The third-order valence-electron chi connectivity index (χ3n) is 3.90. The van der Waals surface area contributed by atoms with Crippen molar-refractivity contribution >= 4 is 10.8 Å². The topological polar surface area (TPSA) is 91.7 Å². The van der Waals surface area contributed by atoms with Gasteiger partial charge in [0.1, 0.15) is 5.75 Å². The van der Waals surface area contributed by atoms with Crippen molar-refractivity contribution in [2.24, 2.45) is 0 Å². The molecule has 1 aromatic carbocycles. The van der Waals surface area contributed by atoms with Gasteiger partial charge in [0, 0.05) is 31.8 Å². The summed E-state index contributed by atoms with van der Waals surface area (Å²) in [6.07, 6.45) is 6.21. The monoisotopic (exact) mass is 378 g/mol. The third-order valence-corrected chi connectivity index (χ3v) is 4.85. The van der Waals surface area contributed by atoms with Crippen molar-refractivity contribution in [1.82, 2.24) is 10.3 Å². The van der Waals surface area contributed by atoms with Crippen molar-refractivity contribution in [3.8, 4) is 5.75 Å². The Balaban J connectivity index is 1.59. The van der Waals surface area contributed by atoms with Crippen molar-refractivity contribution in [3.05, 3.63) is 53.9 Å². The SMILES string of the molecule is CS(=O)c1cc(C(O)CNCCCCOCc2cccnc2)ccc1O. The standard InChI is InChI=1S/C19H26N2O4S/c1-26(24)19-11-16(6-7-17(19)22)18(23)13-21-8-2-3-10-25-14-15-5-4-9-20-12-15/h4-7,9,11-12,18,21-23H,2-3,8,10,13-14H2,1H3. The highest BCUT2D eigenvalue weighted by Gasteiger charge is 2.12. The van der Waals surface area contributed by atoms with E-state index < -0.39 is 16.9 Å². The Morgan fingerprint density at radius 1 is 1.31 bits per heavy atom. The summed E-state index contributed by atoms with van der Waals surface area (Å²) in [5.74, 6) is -0.0129. The van der Waals surface area contributed by atoms with E-state index in [1.165, 1.54) is 12.3 Å². The smallest absolute Gasteiger partial charge is 0.131 e. The van der Waals surface area contributed by atoms with Gasteiger partial charge in [-0.05, 0) is 48.7 Å². The highest BCUT2D eigenvalue weighted by atomic mass is 32.2. The minimum Gasteiger partial charge on any atom is -0.507 e. The lowest BCUT2D eigenvalue weighted by Crippen LogP contribution is -2.22. The molecule has 2 unspecified atom stereocenters. The fourth-order valence-corrected chi connectivity index (χ4v) is 3.12. The van der Waals surface area contributed by atoms with Crippen LogP contribution in [0.1, 0.15) is 30.1 Å². The number of ether oxygens (including phenoxy) is 1. The van der Waals surface area contributed by atoms with Crippen LogP contribution >= 0.6 is 0 Å². The van der Waals surface area contributed by atoms with E-state index in [4.69, 9.17) is 4.74 Å². The van der Waals surface area contributed by atoms with Crippen LogP contribution in [0.2, 0.25) is 0 Å². The van der Waals surface area contributed by atoms with Crippen LogP contribution in [-0.2, 0) is 22.1 Å². The molecule has 2 atom stereocenters. The van der Waals surface area contributed by atoms with Crippen molar-refractivity contribution in [2.75, 3.05) is 26.0 Å². The van der Waals surface area contributed by atoms with Gasteiger partial charge < -0.3 is 20.3 Å². The molecule has 0 aliphatic heterocycles. The number of aromatic hydroxyl groups is 1. The molecule has 0 radical (unpaired) electrons. The highest BCUT2D eigenvalue weighted by molar-refractivity contribution is 7.84. The first kappa shape index (κ1) is 20.5. The van der Waals surface area contributed by atoms with Gasteiger partial charge in [0.15, 0.2) is 0 Å². The zero-order valence-electron chi connectivity index (χ0n) is 14.9. The second-order valence-electron chi connectivity index (χ2n) is 6.02. The van der Waals surface area contributed by atoms with Gasteiger partial charge in [-0.3, -0.25) is 9.19 Å². The van der Waals surface area contributed by atoms with E-state index in [2.05, 4.69) is 10.3 Å². The van der Waals surface area contributed by atoms with Crippen LogP contribution in [-0.4, -0.2) is 45.4 Å². The molecule has 0 saturated heterocycles. The molecule has 2 aromatic rings. The second-order valence-corrected chi connectivity index (χ2v) is 7.37. The van der Waals surface area contributed by atoms with Crippen molar-refractivity contribution in [1.29, 1.82) is 0 Å². The maximum atomic E-state index is 11.6. The number of aliphatic hydroxyl groups excluding tert-OH is 1. The maximum Gasteiger partial charge on any atom is 0.131 e.